The summed E-state index contributed by atoms with van der Waals surface area (Å²) in [6.07, 6.45) is 0.682. The van der Waals surface area contributed by atoms with Crippen LogP contribution in [0.5, 0.6) is 5.75 Å². The molecule has 0 saturated heterocycles. The zero-order valence-electron chi connectivity index (χ0n) is 14.7. The number of hydrogen-bond donors (Lipinski definition) is 1. The molecule has 2 aromatic rings. The second kappa shape index (κ2) is 10.2. The average Bonchev–Trinajstić information content (AvgIpc) is 2.64. The third kappa shape index (κ3) is 7.34. The van der Waals surface area contributed by atoms with E-state index >= 15 is 0 Å². The van der Waals surface area contributed by atoms with Crippen LogP contribution in [-0.4, -0.2) is 25.1 Å². The van der Waals surface area contributed by atoms with Gasteiger partial charge in [0.15, 0.2) is 6.61 Å². The minimum atomic E-state index is -0.450. The SMILES string of the molecule is Cc1ccc(OCCCC(=O)OCC(=O)NCc2ccc(F)cc2)cc1. The lowest BCUT2D eigenvalue weighted by Gasteiger charge is -2.08. The summed E-state index contributed by atoms with van der Waals surface area (Å²) in [4.78, 5) is 23.3. The van der Waals surface area contributed by atoms with Crippen LogP contribution in [0, 0.1) is 12.7 Å². The van der Waals surface area contributed by atoms with Crippen LogP contribution in [0.15, 0.2) is 48.5 Å². The molecule has 5 nitrogen and oxygen atoms in total. The van der Waals surface area contributed by atoms with Gasteiger partial charge in [0.05, 0.1) is 6.61 Å². The maximum atomic E-state index is 12.8. The van der Waals surface area contributed by atoms with Crippen molar-refractivity contribution in [3.05, 3.63) is 65.5 Å². The van der Waals surface area contributed by atoms with Gasteiger partial charge < -0.3 is 14.8 Å². The molecule has 2 rings (SSSR count). The highest BCUT2D eigenvalue weighted by molar-refractivity contribution is 5.80. The number of rotatable bonds is 9. The Labute approximate surface area is 152 Å². The Balaban J connectivity index is 1.55. The summed E-state index contributed by atoms with van der Waals surface area (Å²) in [6.45, 7) is 2.31. The molecule has 0 aliphatic rings. The Bertz CT molecular complexity index is 714. The number of amides is 1. The van der Waals surface area contributed by atoms with Crippen molar-refractivity contribution in [3.63, 3.8) is 0 Å². The first kappa shape index (κ1) is 19.4. The van der Waals surface area contributed by atoms with E-state index in [0.717, 1.165) is 16.9 Å². The fourth-order valence-corrected chi connectivity index (χ4v) is 2.11. The molecule has 0 radical (unpaired) electrons. The number of benzene rings is 2. The average molecular weight is 359 g/mol. The van der Waals surface area contributed by atoms with Gasteiger partial charge in [0.1, 0.15) is 11.6 Å². The maximum Gasteiger partial charge on any atom is 0.306 e. The second-order valence-corrected chi connectivity index (χ2v) is 5.83. The molecule has 1 N–H and O–H groups in total. The van der Waals surface area contributed by atoms with Crippen LogP contribution in [0.2, 0.25) is 0 Å². The Morgan fingerprint density at radius 3 is 2.42 bits per heavy atom. The van der Waals surface area contributed by atoms with E-state index in [0.29, 0.717) is 13.0 Å². The molecule has 2 aromatic carbocycles. The van der Waals surface area contributed by atoms with Crippen molar-refractivity contribution in [2.45, 2.75) is 26.3 Å². The molecular formula is C20H22FNO4. The molecule has 0 aliphatic heterocycles. The number of carbonyl (C=O) groups excluding carboxylic acids is 2. The summed E-state index contributed by atoms with van der Waals surface area (Å²) in [5, 5.41) is 2.60. The van der Waals surface area contributed by atoms with Crippen molar-refractivity contribution in [2.75, 3.05) is 13.2 Å². The molecule has 0 aromatic heterocycles. The molecule has 138 valence electrons. The molecule has 0 heterocycles. The maximum absolute atomic E-state index is 12.8. The minimum Gasteiger partial charge on any atom is -0.494 e. The number of nitrogens with one attached hydrogen (secondary N) is 1. The van der Waals surface area contributed by atoms with Crippen molar-refractivity contribution >= 4 is 11.9 Å². The lowest BCUT2D eigenvalue weighted by Crippen LogP contribution is -2.28. The molecule has 1 amide bonds. The smallest absolute Gasteiger partial charge is 0.306 e. The Morgan fingerprint density at radius 1 is 1.04 bits per heavy atom. The van der Waals surface area contributed by atoms with E-state index in [4.69, 9.17) is 9.47 Å². The zero-order chi connectivity index (χ0) is 18.8. The molecule has 0 atom stereocenters. The summed E-state index contributed by atoms with van der Waals surface area (Å²) in [5.41, 5.74) is 1.91. The summed E-state index contributed by atoms with van der Waals surface area (Å²) >= 11 is 0. The van der Waals surface area contributed by atoms with E-state index in [1.54, 1.807) is 12.1 Å². The van der Waals surface area contributed by atoms with Crippen LogP contribution < -0.4 is 10.1 Å². The predicted octanol–water partition coefficient (Wildman–Crippen LogP) is 3.15. The number of hydrogen-bond acceptors (Lipinski definition) is 4. The molecule has 0 spiro atoms. The van der Waals surface area contributed by atoms with Gasteiger partial charge in [-0.15, -0.1) is 0 Å². The van der Waals surface area contributed by atoms with Crippen molar-refractivity contribution in [1.82, 2.24) is 5.32 Å². The topological polar surface area (TPSA) is 64.6 Å². The molecule has 0 aliphatic carbocycles. The van der Waals surface area contributed by atoms with Crippen LogP contribution >= 0.6 is 0 Å². The van der Waals surface area contributed by atoms with E-state index < -0.39 is 11.9 Å². The van der Waals surface area contributed by atoms with Crippen molar-refractivity contribution in [1.29, 1.82) is 0 Å². The number of aryl methyl sites for hydroxylation is 1. The number of esters is 1. The van der Waals surface area contributed by atoms with Gasteiger partial charge in [-0.3, -0.25) is 9.59 Å². The van der Waals surface area contributed by atoms with Crippen molar-refractivity contribution in [3.8, 4) is 5.75 Å². The fourth-order valence-electron chi connectivity index (χ4n) is 2.11. The van der Waals surface area contributed by atoms with Gasteiger partial charge in [0.2, 0.25) is 0 Å². The monoisotopic (exact) mass is 359 g/mol. The van der Waals surface area contributed by atoms with Crippen LogP contribution in [-0.2, 0) is 20.9 Å². The Hall–Kier alpha value is -2.89. The van der Waals surface area contributed by atoms with Crippen LogP contribution in [0.1, 0.15) is 24.0 Å². The molecule has 0 saturated carbocycles. The van der Waals surface area contributed by atoms with Gasteiger partial charge in [0, 0.05) is 13.0 Å². The normalized spacial score (nSPS) is 10.2. The number of carbonyl (C=O) groups is 2. The van der Waals surface area contributed by atoms with Gasteiger partial charge in [0.25, 0.3) is 5.91 Å². The molecule has 0 unspecified atom stereocenters. The standard InChI is InChI=1S/C20H22FNO4/c1-15-4-10-18(11-5-15)25-12-2-3-20(24)26-14-19(23)22-13-16-6-8-17(21)9-7-16/h4-11H,2-3,12-14H2,1H3,(H,22,23). The molecule has 0 bridgehead atoms. The van der Waals surface area contributed by atoms with Gasteiger partial charge in [-0.05, 0) is 43.2 Å². The highest BCUT2D eigenvalue weighted by atomic mass is 19.1. The first-order valence-electron chi connectivity index (χ1n) is 8.39. The lowest BCUT2D eigenvalue weighted by atomic mass is 10.2. The highest BCUT2D eigenvalue weighted by Crippen LogP contribution is 2.11. The van der Waals surface area contributed by atoms with E-state index in [2.05, 4.69) is 5.32 Å². The highest BCUT2D eigenvalue weighted by Gasteiger charge is 2.07. The van der Waals surface area contributed by atoms with E-state index in [1.807, 2.05) is 31.2 Å². The lowest BCUT2D eigenvalue weighted by molar-refractivity contribution is -0.148. The van der Waals surface area contributed by atoms with Crippen LogP contribution in [0.3, 0.4) is 0 Å². The first-order chi connectivity index (χ1) is 12.5. The van der Waals surface area contributed by atoms with Gasteiger partial charge in [-0.1, -0.05) is 29.8 Å². The third-order valence-corrected chi connectivity index (χ3v) is 3.58. The number of ether oxygens (including phenoxy) is 2. The third-order valence-electron chi connectivity index (χ3n) is 3.58. The molecule has 0 fully saturated rings. The molecule has 6 heteroatoms. The minimum absolute atomic E-state index is 0.178. The van der Waals surface area contributed by atoms with E-state index in [-0.39, 0.29) is 25.4 Å². The van der Waals surface area contributed by atoms with E-state index in [9.17, 15) is 14.0 Å². The van der Waals surface area contributed by atoms with Gasteiger partial charge in [-0.25, -0.2) is 4.39 Å². The summed E-state index contributed by atoms with van der Waals surface area (Å²) in [5.74, 6) is -0.433. The summed E-state index contributed by atoms with van der Waals surface area (Å²) in [6, 6.07) is 13.5. The largest absolute Gasteiger partial charge is 0.494 e. The first-order valence-corrected chi connectivity index (χ1v) is 8.39. The van der Waals surface area contributed by atoms with Crippen LogP contribution in [0.25, 0.3) is 0 Å². The molecular weight excluding hydrogens is 337 g/mol. The van der Waals surface area contributed by atoms with Crippen molar-refractivity contribution < 1.29 is 23.5 Å². The number of halogens is 1. The fraction of sp³-hybridized carbons (Fsp3) is 0.300. The van der Waals surface area contributed by atoms with E-state index in [1.165, 1.54) is 12.1 Å². The van der Waals surface area contributed by atoms with Crippen molar-refractivity contribution in [2.24, 2.45) is 0 Å². The second-order valence-electron chi connectivity index (χ2n) is 5.83. The zero-order valence-corrected chi connectivity index (χ0v) is 14.7. The summed E-state index contributed by atoms with van der Waals surface area (Å²) < 4.78 is 23.2. The van der Waals surface area contributed by atoms with Gasteiger partial charge >= 0.3 is 5.97 Å². The summed E-state index contributed by atoms with van der Waals surface area (Å²) in [7, 11) is 0. The Kier molecular flexibility index (Phi) is 7.61. The molecule has 26 heavy (non-hydrogen) atoms. The van der Waals surface area contributed by atoms with Gasteiger partial charge in [-0.2, -0.15) is 0 Å². The predicted molar refractivity (Wildman–Crippen MR) is 95.1 cm³/mol. The Morgan fingerprint density at radius 2 is 1.73 bits per heavy atom. The van der Waals surface area contributed by atoms with Crippen LogP contribution in [0.4, 0.5) is 4.39 Å². The quantitative estimate of drug-likeness (QED) is 0.552.